The lowest BCUT2D eigenvalue weighted by Crippen LogP contribution is -2.32. The summed E-state index contributed by atoms with van der Waals surface area (Å²) in [6.45, 7) is 0.236. The van der Waals surface area contributed by atoms with Crippen molar-refractivity contribution in [2.24, 2.45) is 0 Å². The fourth-order valence-electron chi connectivity index (χ4n) is 3.03. The lowest BCUT2D eigenvalue weighted by Gasteiger charge is -2.13. The molecular weight excluding hydrogens is 443 g/mol. The molecule has 9 heteroatoms. The van der Waals surface area contributed by atoms with Crippen molar-refractivity contribution in [3.8, 4) is 17.1 Å². The molecule has 0 aliphatic carbocycles. The second kappa shape index (κ2) is 8.96. The first-order valence-corrected chi connectivity index (χ1v) is 10.3. The van der Waals surface area contributed by atoms with Crippen LogP contribution >= 0.6 is 11.8 Å². The van der Waals surface area contributed by atoms with Crippen LogP contribution in [0, 0.1) is 0 Å². The Labute approximate surface area is 185 Å². The van der Waals surface area contributed by atoms with Gasteiger partial charge >= 0.3 is 6.18 Å². The summed E-state index contributed by atoms with van der Waals surface area (Å²) in [4.78, 5) is 26.1. The van der Waals surface area contributed by atoms with Crippen molar-refractivity contribution in [3.63, 3.8) is 0 Å². The van der Waals surface area contributed by atoms with Gasteiger partial charge < -0.3 is 9.15 Å². The normalized spacial score (nSPS) is 15.6. The van der Waals surface area contributed by atoms with Crippen LogP contribution in [-0.2, 0) is 11.0 Å². The quantitative estimate of drug-likeness (QED) is 0.418. The Bertz CT molecular complexity index is 1170. The largest absolute Gasteiger partial charge is 0.492 e. The third-order valence-corrected chi connectivity index (χ3v) is 5.48. The molecule has 2 amide bonds. The summed E-state index contributed by atoms with van der Waals surface area (Å²) in [7, 11) is 0. The van der Waals surface area contributed by atoms with Gasteiger partial charge in [-0.2, -0.15) is 13.2 Å². The number of alkyl halides is 3. The monoisotopic (exact) mass is 459 g/mol. The van der Waals surface area contributed by atoms with E-state index in [9.17, 15) is 22.8 Å². The van der Waals surface area contributed by atoms with Gasteiger partial charge in [0, 0.05) is 11.6 Å². The van der Waals surface area contributed by atoms with Gasteiger partial charge in [0.05, 0.1) is 17.0 Å². The summed E-state index contributed by atoms with van der Waals surface area (Å²) in [5.74, 6) is 0.627. The Hall–Kier alpha value is -3.46. The number of rotatable bonds is 6. The number of hydrogen-bond donors (Lipinski definition) is 0. The maximum atomic E-state index is 12.9. The Morgan fingerprint density at radius 3 is 2.53 bits per heavy atom. The second-order valence-corrected chi connectivity index (χ2v) is 7.77. The van der Waals surface area contributed by atoms with E-state index in [1.165, 1.54) is 30.3 Å². The Morgan fingerprint density at radius 2 is 1.78 bits per heavy atom. The van der Waals surface area contributed by atoms with Crippen LogP contribution in [0.2, 0.25) is 0 Å². The highest BCUT2D eigenvalue weighted by molar-refractivity contribution is 8.18. The SMILES string of the molecule is O=C1SC(=Cc2ccc(-c3cccc(C(F)(F)F)c3)o2)C(=O)N1CCOc1ccccc1. The second-order valence-electron chi connectivity index (χ2n) is 6.78. The first-order valence-electron chi connectivity index (χ1n) is 9.52. The Balaban J connectivity index is 1.44. The third-order valence-electron chi connectivity index (χ3n) is 4.57. The van der Waals surface area contributed by atoms with Crippen molar-refractivity contribution >= 4 is 29.0 Å². The number of carbonyl (C=O) groups excluding carboxylic acids is 2. The zero-order valence-corrected chi connectivity index (χ0v) is 17.3. The molecule has 4 rings (SSSR count). The molecule has 1 aromatic heterocycles. The van der Waals surface area contributed by atoms with Crippen molar-refractivity contribution in [2.75, 3.05) is 13.2 Å². The number of furan rings is 1. The van der Waals surface area contributed by atoms with Gasteiger partial charge in [0.2, 0.25) is 0 Å². The van der Waals surface area contributed by atoms with Crippen LogP contribution in [0.1, 0.15) is 11.3 Å². The molecule has 1 aliphatic rings. The van der Waals surface area contributed by atoms with E-state index in [-0.39, 0.29) is 35.1 Å². The van der Waals surface area contributed by atoms with E-state index in [1.54, 1.807) is 12.1 Å². The predicted octanol–water partition coefficient (Wildman–Crippen LogP) is 6.08. The van der Waals surface area contributed by atoms with Crippen molar-refractivity contribution < 1.29 is 31.9 Å². The minimum atomic E-state index is -4.46. The first-order chi connectivity index (χ1) is 15.3. The summed E-state index contributed by atoms with van der Waals surface area (Å²) in [5, 5.41) is -0.428. The Kier molecular flexibility index (Phi) is 6.09. The smallest absolute Gasteiger partial charge is 0.416 e. The van der Waals surface area contributed by atoms with Crippen molar-refractivity contribution in [3.05, 3.63) is 83.0 Å². The molecule has 0 N–H and O–H groups in total. The van der Waals surface area contributed by atoms with E-state index in [1.807, 2.05) is 18.2 Å². The van der Waals surface area contributed by atoms with E-state index in [0.29, 0.717) is 5.75 Å². The van der Waals surface area contributed by atoms with Crippen LogP contribution in [0.4, 0.5) is 18.0 Å². The number of carbonyl (C=O) groups is 2. The van der Waals surface area contributed by atoms with Gasteiger partial charge in [-0.05, 0) is 48.2 Å². The maximum Gasteiger partial charge on any atom is 0.416 e. The highest BCUT2D eigenvalue weighted by Crippen LogP contribution is 2.35. The summed E-state index contributed by atoms with van der Waals surface area (Å²) >= 11 is 0.768. The number of para-hydroxylation sites is 1. The average molecular weight is 459 g/mol. The van der Waals surface area contributed by atoms with Gasteiger partial charge in [-0.1, -0.05) is 30.3 Å². The molecule has 32 heavy (non-hydrogen) atoms. The van der Waals surface area contributed by atoms with Crippen LogP contribution in [0.25, 0.3) is 17.4 Å². The van der Waals surface area contributed by atoms with E-state index in [4.69, 9.17) is 9.15 Å². The van der Waals surface area contributed by atoms with Crippen molar-refractivity contribution in [1.82, 2.24) is 4.90 Å². The molecule has 0 saturated carbocycles. The molecular formula is C23H16F3NO4S. The molecule has 3 aromatic rings. The molecule has 0 radical (unpaired) electrons. The number of ether oxygens (including phenoxy) is 1. The fourth-order valence-corrected chi connectivity index (χ4v) is 3.87. The predicted molar refractivity (Wildman–Crippen MR) is 114 cm³/mol. The summed E-state index contributed by atoms with van der Waals surface area (Å²) < 4.78 is 49.9. The highest BCUT2D eigenvalue weighted by Gasteiger charge is 2.35. The molecule has 0 unspecified atom stereocenters. The lowest BCUT2D eigenvalue weighted by atomic mass is 10.1. The Morgan fingerprint density at radius 1 is 1.00 bits per heavy atom. The fraction of sp³-hybridized carbons (Fsp3) is 0.130. The van der Waals surface area contributed by atoms with Crippen LogP contribution < -0.4 is 4.74 Å². The van der Waals surface area contributed by atoms with E-state index >= 15 is 0 Å². The van der Waals surface area contributed by atoms with Gasteiger partial charge in [0.1, 0.15) is 23.9 Å². The number of benzene rings is 2. The number of imide groups is 1. The molecule has 0 bridgehead atoms. The van der Waals surface area contributed by atoms with Crippen LogP contribution in [0.5, 0.6) is 5.75 Å². The molecule has 164 valence electrons. The maximum absolute atomic E-state index is 12.9. The number of hydrogen-bond acceptors (Lipinski definition) is 5. The number of nitrogens with zero attached hydrogens (tertiary/aromatic N) is 1. The average Bonchev–Trinajstić information content (AvgIpc) is 3.34. The number of amides is 2. The standard InChI is InChI=1S/C23H16F3NO4S/c24-23(25,26)16-6-4-5-15(13-16)19-10-9-18(31-19)14-20-21(28)27(22(29)32-20)11-12-30-17-7-2-1-3-8-17/h1-10,13-14H,11-12H2. The molecule has 2 aromatic carbocycles. The molecule has 0 spiro atoms. The van der Waals surface area contributed by atoms with Gasteiger partial charge in [0.25, 0.3) is 11.1 Å². The van der Waals surface area contributed by atoms with Crippen LogP contribution in [0.3, 0.4) is 0 Å². The van der Waals surface area contributed by atoms with Gasteiger partial charge in [0.15, 0.2) is 0 Å². The van der Waals surface area contributed by atoms with E-state index in [2.05, 4.69) is 0 Å². The molecule has 1 aliphatic heterocycles. The summed E-state index contributed by atoms with van der Waals surface area (Å²) in [6, 6.07) is 16.8. The molecule has 2 heterocycles. The van der Waals surface area contributed by atoms with Gasteiger partial charge in [-0.15, -0.1) is 0 Å². The number of thioether (sulfide) groups is 1. The topological polar surface area (TPSA) is 59.8 Å². The minimum absolute atomic E-state index is 0.0878. The highest BCUT2D eigenvalue weighted by atomic mass is 32.2. The minimum Gasteiger partial charge on any atom is -0.492 e. The zero-order valence-electron chi connectivity index (χ0n) is 16.5. The summed E-state index contributed by atoms with van der Waals surface area (Å²) in [6.07, 6.45) is -3.06. The van der Waals surface area contributed by atoms with E-state index in [0.717, 1.165) is 28.8 Å². The van der Waals surface area contributed by atoms with Crippen molar-refractivity contribution in [2.45, 2.75) is 6.18 Å². The van der Waals surface area contributed by atoms with Gasteiger partial charge in [-0.25, -0.2) is 0 Å². The zero-order chi connectivity index (χ0) is 22.7. The lowest BCUT2D eigenvalue weighted by molar-refractivity contribution is -0.137. The van der Waals surface area contributed by atoms with Crippen LogP contribution in [-0.4, -0.2) is 29.2 Å². The number of halogens is 3. The van der Waals surface area contributed by atoms with Gasteiger partial charge in [-0.3, -0.25) is 14.5 Å². The molecule has 1 saturated heterocycles. The molecule has 0 atom stereocenters. The van der Waals surface area contributed by atoms with E-state index < -0.39 is 22.9 Å². The van der Waals surface area contributed by atoms with Crippen molar-refractivity contribution in [1.29, 1.82) is 0 Å². The third kappa shape index (κ3) is 4.88. The molecule has 1 fully saturated rings. The summed E-state index contributed by atoms with van der Waals surface area (Å²) in [5.41, 5.74) is -0.530. The molecule has 5 nitrogen and oxygen atoms in total. The first kappa shape index (κ1) is 21.8. The van der Waals surface area contributed by atoms with Crippen LogP contribution in [0.15, 0.2) is 76.1 Å².